The van der Waals surface area contributed by atoms with Crippen LogP contribution in [0.4, 0.5) is 4.39 Å². The van der Waals surface area contributed by atoms with E-state index in [1.807, 2.05) is 6.92 Å². The molecule has 17 heavy (non-hydrogen) atoms. The fourth-order valence-electron chi connectivity index (χ4n) is 1.81. The molecular weight excluding hydrogens is 285 g/mol. The minimum absolute atomic E-state index is 0.109. The summed E-state index contributed by atoms with van der Waals surface area (Å²) >= 11 is 3.07. The molecule has 0 unspecified atom stereocenters. The van der Waals surface area contributed by atoms with Crippen molar-refractivity contribution in [1.29, 1.82) is 0 Å². The predicted molar refractivity (Wildman–Crippen MR) is 70.0 cm³/mol. The maximum Gasteiger partial charge on any atom is 0.220 e. The second kappa shape index (κ2) is 6.74. The highest BCUT2D eigenvalue weighted by molar-refractivity contribution is 9.10. The van der Waals surface area contributed by atoms with Crippen LogP contribution in [0.2, 0.25) is 0 Å². The lowest BCUT2D eigenvalue weighted by Crippen LogP contribution is -2.19. The van der Waals surface area contributed by atoms with Gasteiger partial charge in [-0.1, -0.05) is 18.9 Å². The molecule has 1 aromatic rings. The third kappa shape index (κ3) is 4.86. The molecule has 2 rings (SSSR count). The van der Waals surface area contributed by atoms with Gasteiger partial charge < -0.3 is 5.73 Å². The van der Waals surface area contributed by atoms with Crippen LogP contribution >= 0.6 is 15.9 Å². The Bertz CT molecular complexity index is 389. The van der Waals surface area contributed by atoms with E-state index in [9.17, 15) is 9.18 Å². The lowest BCUT2D eigenvalue weighted by molar-refractivity contribution is -0.121. The van der Waals surface area contributed by atoms with Gasteiger partial charge in [0.2, 0.25) is 5.91 Å². The Morgan fingerprint density at radius 2 is 2.00 bits per heavy atom. The summed E-state index contributed by atoms with van der Waals surface area (Å²) in [6.45, 7) is 1.92. The second-order valence-electron chi connectivity index (χ2n) is 4.30. The fourth-order valence-corrected chi connectivity index (χ4v) is 2.30. The van der Waals surface area contributed by atoms with Gasteiger partial charge in [-0.2, -0.15) is 0 Å². The molecule has 0 heterocycles. The minimum Gasteiger partial charge on any atom is -0.369 e. The molecule has 0 radical (unpaired) electrons. The maximum atomic E-state index is 12.5. The Hall–Kier alpha value is -0.900. The Morgan fingerprint density at radius 1 is 1.41 bits per heavy atom. The van der Waals surface area contributed by atoms with Crippen molar-refractivity contribution < 1.29 is 9.18 Å². The van der Waals surface area contributed by atoms with Crippen LogP contribution in [-0.2, 0) is 4.79 Å². The Labute approximate surface area is 110 Å². The van der Waals surface area contributed by atoms with Crippen LogP contribution in [0.3, 0.4) is 0 Å². The quantitative estimate of drug-likeness (QED) is 0.847. The van der Waals surface area contributed by atoms with Crippen molar-refractivity contribution in [1.82, 2.24) is 0 Å². The van der Waals surface area contributed by atoms with Crippen LogP contribution in [0, 0.1) is 18.7 Å². The number of hydrogen-bond donors (Lipinski definition) is 1. The first-order valence-electron chi connectivity index (χ1n) is 5.71. The van der Waals surface area contributed by atoms with E-state index in [1.54, 1.807) is 12.1 Å². The van der Waals surface area contributed by atoms with Gasteiger partial charge in [-0.15, -0.1) is 0 Å². The first-order chi connectivity index (χ1) is 8.00. The first-order valence-corrected chi connectivity index (χ1v) is 6.51. The number of primary amides is 1. The standard InChI is InChI=1S/C7H6BrF.C6H11NO/c1-5-2-3-7(9)6(8)4-5;7-6(8)5-3-1-2-4-5/h2-4H,1H3;5H,1-4H2,(H2,7,8). The van der Waals surface area contributed by atoms with Crippen molar-refractivity contribution in [2.45, 2.75) is 32.6 Å². The molecule has 1 fully saturated rings. The molecule has 94 valence electrons. The molecule has 1 saturated carbocycles. The number of halogens is 2. The number of rotatable bonds is 1. The van der Waals surface area contributed by atoms with Gasteiger partial charge in [0.05, 0.1) is 4.47 Å². The minimum atomic E-state index is -0.208. The van der Waals surface area contributed by atoms with Gasteiger partial charge in [0, 0.05) is 5.92 Å². The first kappa shape index (κ1) is 14.2. The van der Waals surface area contributed by atoms with Crippen LogP contribution in [0.25, 0.3) is 0 Å². The zero-order valence-corrected chi connectivity index (χ0v) is 11.5. The molecule has 2 N–H and O–H groups in total. The third-order valence-electron chi connectivity index (χ3n) is 2.83. The fraction of sp³-hybridized carbons (Fsp3) is 0.462. The number of carbonyl (C=O) groups excluding carboxylic acids is 1. The summed E-state index contributed by atoms with van der Waals surface area (Å²) in [6, 6.07) is 4.93. The Balaban J connectivity index is 0.000000171. The van der Waals surface area contributed by atoms with Crippen molar-refractivity contribution in [2.75, 3.05) is 0 Å². The molecule has 0 saturated heterocycles. The molecule has 4 heteroatoms. The molecule has 1 amide bonds. The van der Waals surface area contributed by atoms with Gasteiger partial charge in [-0.25, -0.2) is 4.39 Å². The number of benzene rings is 1. The summed E-state index contributed by atoms with van der Waals surface area (Å²) in [5.41, 5.74) is 6.12. The van der Waals surface area contributed by atoms with Crippen molar-refractivity contribution in [2.24, 2.45) is 11.7 Å². The van der Waals surface area contributed by atoms with Crippen molar-refractivity contribution >= 4 is 21.8 Å². The second-order valence-corrected chi connectivity index (χ2v) is 5.16. The molecule has 2 nitrogen and oxygen atoms in total. The van der Waals surface area contributed by atoms with E-state index in [4.69, 9.17) is 5.73 Å². The Kier molecular flexibility index (Phi) is 5.62. The van der Waals surface area contributed by atoms with Gasteiger partial charge in [0.25, 0.3) is 0 Å². The summed E-state index contributed by atoms with van der Waals surface area (Å²) in [5.74, 6) is -0.113. The summed E-state index contributed by atoms with van der Waals surface area (Å²) in [7, 11) is 0. The average molecular weight is 302 g/mol. The topological polar surface area (TPSA) is 43.1 Å². The molecule has 1 aliphatic rings. The number of amides is 1. The van der Waals surface area contributed by atoms with Crippen molar-refractivity contribution in [3.05, 3.63) is 34.1 Å². The third-order valence-corrected chi connectivity index (χ3v) is 3.44. The van der Waals surface area contributed by atoms with Crippen LogP contribution < -0.4 is 5.73 Å². The lowest BCUT2D eigenvalue weighted by atomic mass is 10.1. The van der Waals surface area contributed by atoms with Gasteiger partial charge in [-0.3, -0.25) is 4.79 Å². The number of nitrogens with two attached hydrogens (primary N) is 1. The average Bonchev–Trinajstić information content (AvgIpc) is 2.78. The van der Waals surface area contributed by atoms with E-state index in [0.717, 1.165) is 18.4 Å². The van der Waals surface area contributed by atoms with Gasteiger partial charge in [-0.05, 0) is 53.4 Å². The molecular formula is C13H17BrFNO. The van der Waals surface area contributed by atoms with Crippen LogP contribution in [-0.4, -0.2) is 5.91 Å². The predicted octanol–water partition coefficient (Wildman–Crippen LogP) is 3.56. The van der Waals surface area contributed by atoms with Crippen LogP contribution in [0.15, 0.2) is 22.7 Å². The molecule has 1 aliphatic carbocycles. The monoisotopic (exact) mass is 301 g/mol. The van der Waals surface area contributed by atoms with E-state index in [1.165, 1.54) is 18.9 Å². The summed E-state index contributed by atoms with van der Waals surface area (Å²) < 4.78 is 13.0. The number of hydrogen-bond acceptors (Lipinski definition) is 1. The normalized spacial score (nSPS) is 15.2. The van der Waals surface area contributed by atoms with Crippen molar-refractivity contribution in [3.63, 3.8) is 0 Å². The zero-order chi connectivity index (χ0) is 12.8. The van der Waals surface area contributed by atoms with Crippen molar-refractivity contribution in [3.8, 4) is 0 Å². The number of carbonyl (C=O) groups is 1. The molecule has 0 spiro atoms. The Morgan fingerprint density at radius 3 is 2.35 bits per heavy atom. The summed E-state index contributed by atoms with van der Waals surface area (Å²) in [6.07, 6.45) is 4.42. The summed E-state index contributed by atoms with van der Waals surface area (Å²) in [4.78, 5) is 10.4. The highest BCUT2D eigenvalue weighted by Gasteiger charge is 2.19. The lowest BCUT2D eigenvalue weighted by Gasteiger charge is -1.98. The number of aryl methyl sites for hydroxylation is 1. The highest BCUT2D eigenvalue weighted by atomic mass is 79.9. The molecule has 0 aliphatic heterocycles. The SMILES string of the molecule is Cc1ccc(F)c(Br)c1.NC(=O)C1CCCC1. The molecule has 1 aromatic carbocycles. The van der Waals surface area contributed by atoms with E-state index >= 15 is 0 Å². The van der Waals surface area contributed by atoms with E-state index in [-0.39, 0.29) is 17.6 Å². The smallest absolute Gasteiger partial charge is 0.220 e. The molecule has 0 atom stereocenters. The van der Waals surface area contributed by atoms with E-state index in [2.05, 4.69) is 15.9 Å². The maximum absolute atomic E-state index is 12.5. The largest absolute Gasteiger partial charge is 0.369 e. The van der Waals surface area contributed by atoms with Crippen LogP contribution in [0.1, 0.15) is 31.2 Å². The van der Waals surface area contributed by atoms with Crippen LogP contribution in [0.5, 0.6) is 0 Å². The van der Waals surface area contributed by atoms with E-state index < -0.39 is 0 Å². The molecule has 0 bridgehead atoms. The molecule has 0 aromatic heterocycles. The van der Waals surface area contributed by atoms with Gasteiger partial charge >= 0.3 is 0 Å². The van der Waals surface area contributed by atoms with E-state index in [0.29, 0.717) is 4.47 Å². The zero-order valence-electron chi connectivity index (χ0n) is 9.88. The van der Waals surface area contributed by atoms with Gasteiger partial charge in [0.15, 0.2) is 0 Å². The summed E-state index contributed by atoms with van der Waals surface area (Å²) in [5, 5.41) is 0. The highest BCUT2D eigenvalue weighted by Crippen LogP contribution is 2.23. The van der Waals surface area contributed by atoms with Gasteiger partial charge in [0.1, 0.15) is 5.82 Å².